The molecule has 0 atom stereocenters. The van der Waals surface area contributed by atoms with Gasteiger partial charge >= 0.3 is 11.8 Å². The van der Waals surface area contributed by atoms with E-state index >= 15 is 0 Å². The fourth-order valence-electron chi connectivity index (χ4n) is 3.29. The van der Waals surface area contributed by atoms with Crippen LogP contribution in [0.4, 0.5) is 5.69 Å². The van der Waals surface area contributed by atoms with Crippen molar-refractivity contribution >= 4 is 46.9 Å². The molecule has 8 nitrogen and oxygen atoms in total. The molecule has 1 aromatic heterocycles. The number of nitrogens with zero attached hydrogens (tertiary/aromatic N) is 2. The molecule has 0 saturated heterocycles. The summed E-state index contributed by atoms with van der Waals surface area (Å²) in [6, 6.07) is 12.0. The predicted molar refractivity (Wildman–Crippen MR) is 129 cm³/mol. The molecule has 0 spiro atoms. The summed E-state index contributed by atoms with van der Waals surface area (Å²) in [5, 5.41) is 7.44. The SMILES string of the molecule is COc1ccc(OC)c(NC(=O)C(=O)N/N=C\c2cc(C)n(-c3cc(Cl)cc(Cl)c3)c2C)c1. The topological polar surface area (TPSA) is 93.9 Å². The lowest BCUT2D eigenvalue weighted by Gasteiger charge is -2.11. The van der Waals surface area contributed by atoms with Crippen LogP contribution < -0.4 is 20.2 Å². The lowest BCUT2D eigenvalue weighted by molar-refractivity contribution is -0.136. The van der Waals surface area contributed by atoms with Crippen LogP contribution in [0.3, 0.4) is 0 Å². The molecule has 33 heavy (non-hydrogen) atoms. The summed E-state index contributed by atoms with van der Waals surface area (Å²) in [4.78, 5) is 24.5. The maximum Gasteiger partial charge on any atom is 0.329 e. The second-order valence-corrected chi connectivity index (χ2v) is 7.88. The third-order valence-electron chi connectivity index (χ3n) is 4.81. The van der Waals surface area contributed by atoms with Crippen molar-refractivity contribution in [2.24, 2.45) is 5.10 Å². The number of hydrogen-bond acceptors (Lipinski definition) is 5. The molecule has 2 amide bonds. The summed E-state index contributed by atoms with van der Waals surface area (Å²) < 4.78 is 12.3. The molecule has 2 N–H and O–H groups in total. The summed E-state index contributed by atoms with van der Waals surface area (Å²) in [6.07, 6.45) is 1.46. The first kappa shape index (κ1) is 24.2. The number of nitrogens with one attached hydrogen (secondary N) is 2. The number of ether oxygens (including phenoxy) is 2. The molecule has 172 valence electrons. The van der Waals surface area contributed by atoms with Gasteiger partial charge in [0.05, 0.1) is 26.1 Å². The predicted octanol–water partition coefficient (Wildman–Crippen LogP) is 4.51. The van der Waals surface area contributed by atoms with Gasteiger partial charge in [0, 0.05) is 38.8 Å². The standard InChI is InChI=1S/C23H22Cl2N4O4/c1-13-7-15(14(2)29(13)18-9-16(24)8-17(25)10-18)12-26-28-23(31)22(30)27-20-11-19(32-3)5-6-21(20)33-4/h5-12H,1-4H3,(H,27,30)(H,28,31)/b26-12-. The third kappa shape index (κ3) is 5.66. The molecule has 2 aromatic carbocycles. The number of hydrogen-bond donors (Lipinski definition) is 2. The molecule has 0 aliphatic heterocycles. The van der Waals surface area contributed by atoms with Crippen LogP contribution in [0.2, 0.25) is 10.0 Å². The van der Waals surface area contributed by atoms with Gasteiger partial charge in [-0.2, -0.15) is 5.10 Å². The van der Waals surface area contributed by atoms with Crippen molar-refractivity contribution in [3.8, 4) is 17.2 Å². The van der Waals surface area contributed by atoms with Gasteiger partial charge in [-0.3, -0.25) is 9.59 Å². The van der Waals surface area contributed by atoms with Crippen LogP contribution in [0.25, 0.3) is 5.69 Å². The summed E-state index contributed by atoms with van der Waals surface area (Å²) in [5.41, 5.74) is 5.85. The second kappa shape index (κ2) is 10.4. The van der Waals surface area contributed by atoms with Gasteiger partial charge in [0.1, 0.15) is 11.5 Å². The highest BCUT2D eigenvalue weighted by atomic mass is 35.5. The first-order chi connectivity index (χ1) is 15.7. The number of benzene rings is 2. The normalized spacial score (nSPS) is 10.8. The number of anilines is 1. The van der Waals surface area contributed by atoms with Gasteiger partial charge in [-0.1, -0.05) is 23.2 Å². The first-order valence-corrected chi connectivity index (χ1v) is 10.5. The molecule has 0 radical (unpaired) electrons. The molecule has 10 heteroatoms. The number of carbonyl (C=O) groups excluding carboxylic acids is 2. The van der Waals surface area contributed by atoms with Crippen molar-refractivity contribution in [2.75, 3.05) is 19.5 Å². The van der Waals surface area contributed by atoms with E-state index in [0.29, 0.717) is 27.2 Å². The Morgan fingerprint density at radius 3 is 2.30 bits per heavy atom. The number of rotatable bonds is 6. The lowest BCUT2D eigenvalue weighted by atomic mass is 10.2. The van der Waals surface area contributed by atoms with E-state index in [1.807, 2.05) is 24.5 Å². The summed E-state index contributed by atoms with van der Waals surface area (Å²) in [5.74, 6) is -0.959. The maximum atomic E-state index is 12.3. The summed E-state index contributed by atoms with van der Waals surface area (Å²) >= 11 is 12.3. The molecule has 0 unspecified atom stereocenters. The van der Waals surface area contributed by atoms with Gasteiger partial charge in [0.25, 0.3) is 0 Å². The zero-order valence-electron chi connectivity index (χ0n) is 18.4. The minimum Gasteiger partial charge on any atom is -0.497 e. The number of amides is 2. The van der Waals surface area contributed by atoms with Crippen LogP contribution in [0.1, 0.15) is 17.0 Å². The highest BCUT2D eigenvalue weighted by molar-refractivity contribution is 6.39. The van der Waals surface area contributed by atoms with Crippen LogP contribution in [-0.4, -0.2) is 36.8 Å². The lowest BCUT2D eigenvalue weighted by Crippen LogP contribution is -2.32. The van der Waals surface area contributed by atoms with Crippen LogP contribution >= 0.6 is 23.2 Å². The van der Waals surface area contributed by atoms with Crippen molar-refractivity contribution in [1.29, 1.82) is 0 Å². The minimum absolute atomic E-state index is 0.296. The minimum atomic E-state index is -0.938. The Balaban J connectivity index is 1.71. The van der Waals surface area contributed by atoms with E-state index in [1.165, 1.54) is 20.4 Å². The molecular formula is C23H22Cl2N4O4. The number of aryl methyl sites for hydroxylation is 1. The molecule has 0 aliphatic carbocycles. The van der Waals surface area contributed by atoms with Crippen molar-refractivity contribution in [2.45, 2.75) is 13.8 Å². The van der Waals surface area contributed by atoms with Gasteiger partial charge in [-0.15, -0.1) is 0 Å². The van der Waals surface area contributed by atoms with Crippen LogP contribution in [-0.2, 0) is 9.59 Å². The quantitative estimate of drug-likeness (QED) is 0.303. The van der Waals surface area contributed by atoms with Crippen molar-refractivity contribution in [3.05, 3.63) is 69.5 Å². The van der Waals surface area contributed by atoms with E-state index in [2.05, 4.69) is 15.8 Å². The van der Waals surface area contributed by atoms with Gasteiger partial charge in [0.15, 0.2) is 0 Å². The maximum absolute atomic E-state index is 12.3. The second-order valence-electron chi connectivity index (χ2n) is 7.01. The Bertz CT molecular complexity index is 1220. The monoisotopic (exact) mass is 488 g/mol. The van der Waals surface area contributed by atoms with E-state index in [-0.39, 0.29) is 0 Å². The Labute approximate surface area is 201 Å². The summed E-state index contributed by atoms with van der Waals surface area (Å²) in [7, 11) is 2.95. The van der Waals surface area contributed by atoms with E-state index in [0.717, 1.165) is 22.6 Å². The fraction of sp³-hybridized carbons (Fsp3) is 0.174. The Hall–Kier alpha value is -3.49. The number of methoxy groups -OCH3 is 2. The molecule has 0 saturated carbocycles. The van der Waals surface area contributed by atoms with Crippen molar-refractivity contribution in [1.82, 2.24) is 9.99 Å². The molecule has 0 aliphatic rings. The molecule has 1 heterocycles. The average molecular weight is 489 g/mol. The van der Waals surface area contributed by atoms with E-state index < -0.39 is 11.8 Å². The van der Waals surface area contributed by atoms with Crippen molar-refractivity contribution in [3.63, 3.8) is 0 Å². The molecule has 3 aromatic rings. The average Bonchev–Trinajstić information content (AvgIpc) is 3.05. The smallest absolute Gasteiger partial charge is 0.329 e. The summed E-state index contributed by atoms with van der Waals surface area (Å²) in [6.45, 7) is 3.82. The largest absolute Gasteiger partial charge is 0.497 e. The number of aromatic nitrogens is 1. The number of halogens is 2. The van der Waals surface area contributed by atoms with E-state index in [9.17, 15) is 9.59 Å². The highest BCUT2D eigenvalue weighted by Gasteiger charge is 2.16. The Kier molecular flexibility index (Phi) is 7.63. The zero-order chi connectivity index (χ0) is 24.1. The van der Waals surface area contributed by atoms with E-state index in [1.54, 1.807) is 36.4 Å². The van der Waals surface area contributed by atoms with Crippen LogP contribution in [0, 0.1) is 13.8 Å². The van der Waals surface area contributed by atoms with Gasteiger partial charge in [-0.25, -0.2) is 5.43 Å². The number of hydrazone groups is 1. The fourth-order valence-corrected chi connectivity index (χ4v) is 3.80. The molecular weight excluding hydrogens is 467 g/mol. The van der Waals surface area contributed by atoms with Gasteiger partial charge in [-0.05, 0) is 50.2 Å². The van der Waals surface area contributed by atoms with Crippen molar-refractivity contribution < 1.29 is 19.1 Å². The van der Waals surface area contributed by atoms with Gasteiger partial charge in [0.2, 0.25) is 0 Å². The molecule has 3 rings (SSSR count). The molecule has 0 fully saturated rings. The first-order valence-electron chi connectivity index (χ1n) is 9.75. The number of carbonyl (C=O) groups is 2. The van der Waals surface area contributed by atoms with Crippen LogP contribution in [0.5, 0.6) is 11.5 Å². The third-order valence-corrected chi connectivity index (χ3v) is 5.24. The van der Waals surface area contributed by atoms with Crippen LogP contribution in [0.15, 0.2) is 47.6 Å². The van der Waals surface area contributed by atoms with Gasteiger partial charge < -0.3 is 19.4 Å². The zero-order valence-corrected chi connectivity index (χ0v) is 19.9. The highest BCUT2D eigenvalue weighted by Crippen LogP contribution is 2.29. The Morgan fingerprint density at radius 2 is 1.67 bits per heavy atom. The Morgan fingerprint density at radius 1 is 0.970 bits per heavy atom. The van der Waals surface area contributed by atoms with E-state index in [4.69, 9.17) is 32.7 Å². The molecule has 0 bridgehead atoms.